The average Bonchev–Trinajstić information content (AvgIpc) is 3.16. The minimum absolute atomic E-state index is 0.178. The zero-order chi connectivity index (χ0) is 17.2. The maximum absolute atomic E-state index is 5.83. The molecule has 0 aromatic carbocycles. The predicted octanol–water partition coefficient (Wildman–Crippen LogP) is 3.88. The molecule has 0 spiro atoms. The van der Waals surface area contributed by atoms with Crippen LogP contribution in [0.1, 0.15) is 13.8 Å². The Morgan fingerprint density at radius 2 is 1.88 bits per heavy atom. The van der Waals surface area contributed by atoms with Crippen molar-refractivity contribution in [1.82, 2.24) is 15.0 Å². The molecule has 2 unspecified atom stereocenters. The van der Waals surface area contributed by atoms with Crippen molar-refractivity contribution in [3.05, 3.63) is 48.2 Å². The van der Waals surface area contributed by atoms with Crippen LogP contribution in [0.25, 0.3) is 21.7 Å². The van der Waals surface area contributed by atoms with Crippen molar-refractivity contribution in [2.24, 2.45) is 0 Å². The lowest BCUT2D eigenvalue weighted by Crippen LogP contribution is -2.46. The Balaban J connectivity index is 1.78. The van der Waals surface area contributed by atoms with Gasteiger partial charge < -0.3 is 9.64 Å². The van der Waals surface area contributed by atoms with Gasteiger partial charge in [-0.05, 0) is 43.0 Å². The molecular weight excluding hydrogens is 332 g/mol. The zero-order valence-electron chi connectivity index (χ0n) is 14.3. The molecule has 1 saturated heterocycles. The second-order valence-corrected chi connectivity index (χ2v) is 7.26. The van der Waals surface area contributed by atoms with Gasteiger partial charge in [0.1, 0.15) is 0 Å². The van der Waals surface area contributed by atoms with Gasteiger partial charge in [0.15, 0.2) is 0 Å². The van der Waals surface area contributed by atoms with Crippen LogP contribution >= 0.6 is 11.3 Å². The molecule has 5 nitrogen and oxygen atoms in total. The summed E-state index contributed by atoms with van der Waals surface area (Å²) in [5, 5.41) is 2.08. The van der Waals surface area contributed by atoms with E-state index in [1.165, 1.54) is 0 Å². The smallest absolute Gasteiger partial charge is 0.226 e. The molecule has 0 amide bonds. The van der Waals surface area contributed by atoms with E-state index in [0.29, 0.717) is 0 Å². The Hall–Kier alpha value is -2.31. The third-order valence-electron chi connectivity index (χ3n) is 4.22. The predicted molar refractivity (Wildman–Crippen MR) is 101 cm³/mol. The van der Waals surface area contributed by atoms with Crippen LogP contribution in [-0.4, -0.2) is 40.2 Å². The fourth-order valence-electron chi connectivity index (χ4n) is 3.21. The minimum Gasteiger partial charge on any atom is -0.372 e. The first-order valence-corrected chi connectivity index (χ1v) is 9.30. The lowest BCUT2D eigenvalue weighted by molar-refractivity contribution is -0.00571. The summed E-state index contributed by atoms with van der Waals surface area (Å²) in [6.45, 7) is 5.80. The number of anilines is 1. The molecule has 4 rings (SSSR count). The zero-order valence-corrected chi connectivity index (χ0v) is 15.1. The number of hydrogen-bond acceptors (Lipinski definition) is 6. The average molecular weight is 352 g/mol. The van der Waals surface area contributed by atoms with Crippen molar-refractivity contribution in [2.45, 2.75) is 26.1 Å². The summed E-state index contributed by atoms with van der Waals surface area (Å²) in [7, 11) is 0. The summed E-state index contributed by atoms with van der Waals surface area (Å²) < 4.78 is 5.83. The van der Waals surface area contributed by atoms with E-state index in [1.807, 2.05) is 18.3 Å². The molecule has 6 heteroatoms. The molecule has 1 aliphatic rings. The molecule has 1 aliphatic heterocycles. The second-order valence-electron chi connectivity index (χ2n) is 6.31. The van der Waals surface area contributed by atoms with E-state index in [2.05, 4.69) is 46.2 Å². The molecular formula is C19H20N4OS. The van der Waals surface area contributed by atoms with Crippen LogP contribution in [0.3, 0.4) is 0 Å². The second kappa shape index (κ2) is 6.90. The van der Waals surface area contributed by atoms with Crippen molar-refractivity contribution < 1.29 is 4.74 Å². The van der Waals surface area contributed by atoms with Crippen LogP contribution in [0.4, 0.5) is 5.95 Å². The Kier molecular flexibility index (Phi) is 4.46. The highest BCUT2D eigenvalue weighted by molar-refractivity contribution is 7.13. The number of morpholine rings is 1. The Labute approximate surface area is 151 Å². The van der Waals surface area contributed by atoms with Gasteiger partial charge in [0, 0.05) is 37.2 Å². The lowest BCUT2D eigenvalue weighted by Gasteiger charge is -2.35. The third kappa shape index (κ3) is 3.41. The first-order valence-electron chi connectivity index (χ1n) is 8.42. The van der Waals surface area contributed by atoms with Gasteiger partial charge in [-0.2, -0.15) is 0 Å². The highest BCUT2D eigenvalue weighted by Crippen LogP contribution is 2.34. The minimum atomic E-state index is 0.178. The fourth-order valence-corrected chi connectivity index (χ4v) is 3.94. The lowest BCUT2D eigenvalue weighted by atomic mass is 10.1. The van der Waals surface area contributed by atoms with Crippen LogP contribution in [0, 0.1) is 0 Å². The van der Waals surface area contributed by atoms with Crippen LogP contribution in [0.2, 0.25) is 0 Å². The molecule has 4 heterocycles. The molecule has 0 radical (unpaired) electrons. The molecule has 1 fully saturated rings. The van der Waals surface area contributed by atoms with Gasteiger partial charge in [0.2, 0.25) is 5.95 Å². The summed E-state index contributed by atoms with van der Waals surface area (Å²) in [5.74, 6) is 0.767. The molecule has 0 aliphatic carbocycles. The largest absolute Gasteiger partial charge is 0.372 e. The van der Waals surface area contributed by atoms with E-state index in [4.69, 9.17) is 9.72 Å². The summed E-state index contributed by atoms with van der Waals surface area (Å²) in [5.41, 5.74) is 3.08. The first kappa shape index (κ1) is 16.2. The highest BCUT2D eigenvalue weighted by Gasteiger charge is 2.25. The van der Waals surface area contributed by atoms with Gasteiger partial charge in [-0.15, -0.1) is 11.3 Å². The quantitative estimate of drug-likeness (QED) is 0.716. The number of rotatable bonds is 3. The summed E-state index contributed by atoms with van der Waals surface area (Å²) in [4.78, 5) is 17.1. The van der Waals surface area contributed by atoms with Gasteiger partial charge in [-0.25, -0.2) is 9.97 Å². The van der Waals surface area contributed by atoms with Gasteiger partial charge >= 0.3 is 0 Å². The Morgan fingerprint density at radius 1 is 1.12 bits per heavy atom. The van der Waals surface area contributed by atoms with E-state index in [9.17, 15) is 0 Å². The number of pyridine rings is 1. The SMILES string of the molecule is CC1CN(c2ncc(-c3ccncc3)c(-c3cccs3)n2)CC(C)O1. The molecule has 128 valence electrons. The Morgan fingerprint density at radius 3 is 2.56 bits per heavy atom. The number of nitrogens with zero attached hydrogens (tertiary/aromatic N) is 4. The highest BCUT2D eigenvalue weighted by atomic mass is 32.1. The normalized spacial score (nSPS) is 20.6. The maximum Gasteiger partial charge on any atom is 0.226 e. The summed E-state index contributed by atoms with van der Waals surface area (Å²) in [6.07, 6.45) is 5.88. The van der Waals surface area contributed by atoms with Crippen LogP contribution in [0.5, 0.6) is 0 Å². The number of hydrogen-bond donors (Lipinski definition) is 0. The molecule has 0 bridgehead atoms. The molecule has 25 heavy (non-hydrogen) atoms. The van der Waals surface area contributed by atoms with Crippen LogP contribution in [-0.2, 0) is 4.74 Å². The van der Waals surface area contributed by atoms with Crippen molar-refractivity contribution in [1.29, 1.82) is 0 Å². The van der Waals surface area contributed by atoms with E-state index >= 15 is 0 Å². The monoisotopic (exact) mass is 352 g/mol. The fraction of sp³-hybridized carbons (Fsp3) is 0.316. The summed E-state index contributed by atoms with van der Waals surface area (Å²) in [6, 6.07) is 8.14. The molecule has 0 N–H and O–H groups in total. The topological polar surface area (TPSA) is 51.1 Å². The molecule has 3 aromatic rings. The molecule has 0 saturated carbocycles. The Bertz CT molecular complexity index is 828. The number of thiophene rings is 1. The van der Waals surface area contributed by atoms with Gasteiger partial charge in [-0.3, -0.25) is 4.98 Å². The van der Waals surface area contributed by atoms with Crippen molar-refractivity contribution in [3.8, 4) is 21.7 Å². The van der Waals surface area contributed by atoms with Crippen molar-refractivity contribution in [3.63, 3.8) is 0 Å². The first-order chi connectivity index (χ1) is 12.2. The van der Waals surface area contributed by atoms with E-state index in [-0.39, 0.29) is 12.2 Å². The van der Waals surface area contributed by atoms with Crippen LogP contribution < -0.4 is 4.90 Å². The van der Waals surface area contributed by atoms with Crippen LogP contribution in [0.15, 0.2) is 48.2 Å². The van der Waals surface area contributed by atoms with E-state index < -0.39 is 0 Å². The molecule has 3 aromatic heterocycles. The van der Waals surface area contributed by atoms with Gasteiger partial charge in [0.25, 0.3) is 0 Å². The van der Waals surface area contributed by atoms with E-state index in [1.54, 1.807) is 23.7 Å². The molecule has 2 atom stereocenters. The third-order valence-corrected chi connectivity index (χ3v) is 5.10. The summed E-state index contributed by atoms with van der Waals surface area (Å²) >= 11 is 1.69. The maximum atomic E-state index is 5.83. The standard InChI is InChI=1S/C19H20N4OS/c1-13-11-23(12-14(2)24-13)19-21-10-16(15-5-7-20-8-6-15)18(22-19)17-4-3-9-25-17/h3-10,13-14H,11-12H2,1-2H3. The van der Waals surface area contributed by atoms with E-state index in [0.717, 1.165) is 40.7 Å². The van der Waals surface area contributed by atoms with Gasteiger partial charge in [0.05, 0.1) is 22.8 Å². The van der Waals surface area contributed by atoms with Crippen molar-refractivity contribution in [2.75, 3.05) is 18.0 Å². The number of aromatic nitrogens is 3. The van der Waals surface area contributed by atoms with Gasteiger partial charge in [-0.1, -0.05) is 6.07 Å². The van der Waals surface area contributed by atoms with Crippen molar-refractivity contribution >= 4 is 17.3 Å². The number of ether oxygens (including phenoxy) is 1.